The molecule has 0 atom stereocenters. The van der Waals surface area contributed by atoms with Crippen LogP contribution in [-0.4, -0.2) is 24.7 Å². The van der Waals surface area contributed by atoms with Crippen molar-refractivity contribution in [2.75, 3.05) is 6.61 Å². The van der Waals surface area contributed by atoms with Crippen molar-refractivity contribution in [2.45, 2.75) is 20.0 Å². The van der Waals surface area contributed by atoms with Crippen LogP contribution in [0.15, 0.2) is 0 Å². The van der Waals surface area contributed by atoms with Gasteiger partial charge in [-0.25, -0.2) is 0 Å². The summed E-state index contributed by atoms with van der Waals surface area (Å²) in [5.74, 6) is -1.99. The molecule has 0 saturated carbocycles. The van der Waals surface area contributed by atoms with Gasteiger partial charge in [0, 0.05) is 13.8 Å². The summed E-state index contributed by atoms with van der Waals surface area (Å²) in [6.45, 7) is 0.563. The summed E-state index contributed by atoms with van der Waals surface area (Å²) in [5, 5.41) is 0. The van der Waals surface area contributed by atoms with Crippen LogP contribution in [0.4, 0.5) is 8.78 Å². The lowest BCUT2D eigenvalue weighted by molar-refractivity contribution is -0.250. The van der Waals surface area contributed by atoms with E-state index in [0.717, 1.165) is 13.8 Å². The molecule has 0 aromatic rings. The van der Waals surface area contributed by atoms with Crippen molar-refractivity contribution in [3.63, 3.8) is 0 Å². The Morgan fingerprint density at radius 1 is 1.25 bits per heavy atom. The minimum Gasteiger partial charge on any atom is -0.455 e. The maximum Gasteiger partial charge on any atom is 0.435 e. The van der Waals surface area contributed by atoms with Crippen molar-refractivity contribution >= 4 is 11.9 Å². The smallest absolute Gasteiger partial charge is 0.435 e. The molecule has 0 spiro atoms. The minimum atomic E-state index is -3.74. The molecule has 0 rings (SSSR count). The Morgan fingerprint density at radius 2 is 1.75 bits per heavy atom. The second-order valence-corrected chi connectivity index (χ2v) is 2.01. The first-order valence-corrected chi connectivity index (χ1v) is 3.04. The Morgan fingerprint density at radius 3 is 2.08 bits per heavy atom. The Labute approximate surface area is 67.4 Å². The average molecular weight is 182 g/mol. The van der Waals surface area contributed by atoms with E-state index in [9.17, 15) is 18.4 Å². The van der Waals surface area contributed by atoms with Gasteiger partial charge in [0.15, 0.2) is 6.61 Å². The molecule has 0 amide bonds. The average Bonchev–Trinajstić information content (AvgIpc) is 1.81. The van der Waals surface area contributed by atoms with Gasteiger partial charge < -0.3 is 9.47 Å². The second-order valence-electron chi connectivity index (χ2n) is 2.01. The molecule has 0 aliphatic carbocycles. The highest BCUT2D eigenvalue weighted by Gasteiger charge is 2.34. The normalized spacial score (nSPS) is 10.7. The van der Waals surface area contributed by atoms with Crippen LogP contribution in [0, 0.1) is 0 Å². The molecule has 0 fully saturated rings. The van der Waals surface area contributed by atoms with Gasteiger partial charge in [-0.1, -0.05) is 0 Å². The van der Waals surface area contributed by atoms with E-state index < -0.39 is 24.7 Å². The predicted octanol–water partition coefficient (Wildman–Crippen LogP) is 0.705. The molecule has 0 heterocycles. The van der Waals surface area contributed by atoms with E-state index in [4.69, 9.17) is 0 Å². The van der Waals surface area contributed by atoms with Crippen LogP contribution in [0.5, 0.6) is 0 Å². The summed E-state index contributed by atoms with van der Waals surface area (Å²) in [5.41, 5.74) is 0. The molecule has 6 heteroatoms. The van der Waals surface area contributed by atoms with Gasteiger partial charge in [-0.05, 0) is 0 Å². The van der Waals surface area contributed by atoms with Gasteiger partial charge in [0.1, 0.15) is 0 Å². The Balaban J connectivity index is 3.86. The van der Waals surface area contributed by atoms with E-state index in [-0.39, 0.29) is 0 Å². The number of esters is 2. The van der Waals surface area contributed by atoms with Crippen LogP contribution < -0.4 is 0 Å². The number of carbonyl (C=O) groups is 2. The van der Waals surface area contributed by atoms with E-state index in [1.165, 1.54) is 0 Å². The molecule has 12 heavy (non-hydrogen) atoms. The number of halogens is 2. The highest BCUT2D eigenvalue weighted by atomic mass is 19.3. The van der Waals surface area contributed by atoms with E-state index in [2.05, 4.69) is 9.47 Å². The first-order chi connectivity index (χ1) is 5.33. The maximum atomic E-state index is 12.3. The molecule has 0 N–H and O–H groups in total. The fourth-order valence-electron chi connectivity index (χ4n) is 0.425. The van der Waals surface area contributed by atoms with Crippen molar-refractivity contribution in [1.82, 2.24) is 0 Å². The molecule has 0 saturated heterocycles. The van der Waals surface area contributed by atoms with Gasteiger partial charge in [0.2, 0.25) is 0 Å². The number of ether oxygens (including phenoxy) is 2. The zero-order valence-electron chi connectivity index (χ0n) is 6.60. The van der Waals surface area contributed by atoms with Crippen molar-refractivity contribution in [3.05, 3.63) is 0 Å². The van der Waals surface area contributed by atoms with Crippen LogP contribution in [-0.2, 0) is 19.1 Å². The SMILES string of the molecule is CC(=O)OCC(F)(F)OC(C)=O. The zero-order chi connectivity index (χ0) is 9.78. The lowest BCUT2D eigenvalue weighted by atomic mass is 10.6. The topological polar surface area (TPSA) is 52.6 Å². The predicted molar refractivity (Wildman–Crippen MR) is 33.3 cm³/mol. The molecular weight excluding hydrogens is 174 g/mol. The van der Waals surface area contributed by atoms with E-state index in [0.29, 0.717) is 0 Å². The number of carbonyl (C=O) groups excluding carboxylic acids is 2. The molecule has 0 aromatic heterocycles. The third-order valence-corrected chi connectivity index (χ3v) is 0.737. The molecule has 0 aliphatic rings. The molecule has 0 aromatic carbocycles. The quantitative estimate of drug-likeness (QED) is 0.603. The van der Waals surface area contributed by atoms with Gasteiger partial charge in [0.05, 0.1) is 0 Å². The van der Waals surface area contributed by atoms with Crippen LogP contribution in [0.2, 0.25) is 0 Å². The lowest BCUT2D eigenvalue weighted by Gasteiger charge is -2.14. The van der Waals surface area contributed by atoms with Crippen molar-refractivity contribution in [3.8, 4) is 0 Å². The third-order valence-electron chi connectivity index (χ3n) is 0.737. The first-order valence-electron chi connectivity index (χ1n) is 3.04. The summed E-state index contributed by atoms with van der Waals surface area (Å²) in [6, 6.07) is 0. The summed E-state index contributed by atoms with van der Waals surface area (Å²) in [7, 11) is 0. The third kappa shape index (κ3) is 5.57. The lowest BCUT2D eigenvalue weighted by Crippen LogP contribution is -2.30. The Hall–Kier alpha value is -1.20. The van der Waals surface area contributed by atoms with Crippen LogP contribution in [0.25, 0.3) is 0 Å². The first kappa shape index (κ1) is 10.8. The molecule has 0 radical (unpaired) electrons. The van der Waals surface area contributed by atoms with Crippen LogP contribution >= 0.6 is 0 Å². The standard InChI is InChI=1S/C6H8F2O4/c1-4(9)11-3-6(7,8)12-5(2)10/h3H2,1-2H3. The summed E-state index contributed by atoms with van der Waals surface area (Å²) >= 11 is 0. The summed E-state index contributed by atoms with van der Waals surface area (Å²) in [4.78, 5) is 20.1. The molecule has 0 bridgehead atoms. The fourth-order valence-corrected chi connectivity index (χ4v) is 0.425. The zero-order valence-corrected chi connectivity index (χ0v) is 6.60. The van der Waals surface area contributed by atoms with Gasteiger partial charge >= 0.3 is 18.0 Å². The number of rotatable bonds is 3. The van der Waals surface area contributed by atoms with Gasteiger partial charge in [-0.15, -0.1) is 0 Å². The minimum absolute atomic E-state index is 0.835. The van der Waals surface area contributed by atoms with Gasteiger partial charge in [-0.3, -0.25) is 9.59 Å². The second kappa shape index (κ2) is 3.99. The van der Waals surface area contributed by atoms with Crippen molar-refractivity contribution in [2.24, 2.45) is 0 Å². The molecule has 0 unspecified atom stereocenters. The number of alkyl halides is 2. The van der Waals surface area contributed by atoms with Gasteiger partial charge in [-0.2, -0.15) is 8.78 Å². The monoisotopic (exact) mass is 182 g/mol. The summed E-state index contributed by atoms with van der Waals surface area (Å²) < 4.78 is 32.1. The van der Waals surface area contributed by atoms with Crippen LogP contribution in [0.3, 0.4) is 0 Å². The highest BCUT2D eigenvalue weighted by Crippen LogP contribution is 2.15. The van der Waals surface area contributed by atoms with E-state index >= 15 is 0 Å². The molecule has 0 aliphatic heterocycles. The van der Waals surface area contributed by atoms with Crippen molar-refractivity contribution in [1.29, 1.82) is 0 Å². The van der Waals surface area contributed by atoms with E-state index in [1.54, 1.807) is 0 Å². The maximum absolute atomic E-state index is 12.3. The highest BCUT2D eigenvalue weighted by molar-refractivity contribution is 5.67. The van der Waals surface area contributed by atoms with Crippen molar-refractivity contribution < 1.29 is 27.8 Å². The number of hydrogen-bond acceptors (Lipinski definition) is 4. The molecule has 70 valence electrons. The Kier molecular flexibility index (Phi) is 3.59. The Bertz CT molecular complexity index is 190. The van der Waals surface area contributed by atoms with Gasteiger partial charge in [0.25, 0.3) is 0 Å². The summed E-state index contributed by atoms with van der Waals surface area (Å²) in [6.07, 6.45) is -3.74. The molecule has 4 nitrogen and oxygen atoms in total. The largest absolute Gasteiger partial charge is 0.455 e. The van der Waals surface area contributed by atoms with E-state index in [1.807, 2.05) is 0 Å². The van der Waals surface area contributed by atoms with Crippen LogP contribution in [0.1, 0.15) is 13.8 Å². The molecular formula is C6H8F2O4. The fraction of sp³-hybridized carbons (Fsp3) is 0.667. The number of hydrogen-bond donors (Lipinski definition) is 0.